The largest absolute Gasteiger partial charge is 0.480 e. The van der Waals surface area contributed by atoms with Crippen molar-refractivity contribution in [1.29, 1.82) is 0 Å². The minimum atomic E-state index is -1.07. The second-order valence-electron chi connectivity index (χ2n) is 4.78. The summed E-state index contributed by atoms with van der Waals surface area (Å²) in [4.78, 5) is 24.9. The maximum Gasteiger partial charge on any atom is 0.329 e. The number of amides is 2. The Balaban J connectivity index is 2.49. The van der Waals surface area contributed by atoms with Crippen molar-refractivity contribution in [3.8, 4) is 0 Å². The molecule has 0 aromatic carbocycles. The summed E-state index contributed by atoms with van der Waals surface area (Å²) in [7, 11) is 0. The van der Waals surface area contributed by atoms with Crippen molar-refractivity contribution in [3.63, 3.8) is 0 Å². The summed E-state index contributed by atoms with van der Waals surface area (Å²) in [6, 6.07) is -0.274. The van der Waals surface area contributed by atoms with E-state index in [-0.39, 0.29) is 6.03 Å². The third-order valence-corrected chi connectivity index (χ3v) is 4.32. The molecule has 5 nitrogen and oxygen atoms in total. The Bertz CT molecular complexity index is 349. The maximum absolute atomic E-state index is 12.1. The van der Waals surface area contributed by atoms with Crippen LogP contribution in [0.5, 0.6) is 0 Å². The van der Waals surface area contributed by atoms with Gasteiger partial charge in [0.15, 0.2) is 0 Å². The number of likely N-dealkylation sites (tertiary alicyclic amines) is 1. The fraction of sp³-hybridized carbons (Fsp3) is 0.692. The molecular formula is C13H22N2O3S. The summed E-state index contributed by atoms with van der Waals surface area (Å²) in [5, 5.41) is 12.1. The molecular weight excluding hydrogens is 264 g/mol. The molecule has 0 aromatic heterocycles. The molecule has 1 fully saturated rings. The zero-order valence-corrected chi connectivity index (χ0v) is 12.2. The van der Waals surface area contributed by atoms with Crippen molar-refractivity contribution in [2.75, 3.05) is 24.6 Å². The van der Waals surface area contributed by atoms with Gasteiger partial charge in [-0.15, -0.1) is 6.58 Å². The number of piperidine rings is 1. The second kappa shape index (κ2) is 7.43. The van der Waals surface area contributed by atoms with Crippen LogP contribution < -0.4 is 5.32 Å². The summed E-state index contributed by atoms with van der Waals surface area (Å²) in [5.74, 6) is 0.727. The summed E-state index contributed by atoms with van der Waals surface area (Å²) in [6.45, 7) is 6.30. The first-order chi connectivity index (χ1) is 9.02. The molecule has 0 spiro atoms. The highest BCUT2D eigenvalue weighted by Gasteiger charge is 2.43. The van der Waals surface area contributed by atoms with Crippen LogP contribution in [-0.2, 0) is 4.79 Å². The van der Waals surface area contributed by atoms with Crippen molar-refractivity contribution in [1.82, 2.24) is 10.2 Å². The van der Waals surface area contributed by atoms with Gasteiger partial charge >= 0.3 is 12.0 Å². The molecule has 6 heteroatoms. The number of nitrogens with one attached hydrogen (secondary N) is 1. The van der Waals surface area contributed by atoms with Gasteiger partial charge < -0.3 is 15.3 Å². The first-order valence-corrected chi connectivity index (χ1v) is 7.65. The van der Waals surface area contributed by atoms with Crippen molar-refractivity contribution in [2.45, 2.75) is 31.7 Å². The average molecular weight is 286 g/mol. The normalized spacial score (nSPS) is 22.9. The monoisotopic (exact) mass is 286 g/mol. The number of nitrogens with zero attached hydrogens (tertiary/aromatic N) is 1. The lowest BCUT2D eigenvalue weighted by atomic mass is 9.89. The lowest BCUT2D eigenvalue weighted by molar-refractivity contribution is -0.150. The summed E-state index contributed by atoms with van der Waals surface area (Å²) in [5.41, 5.74) is -1.07. The van der Waals surface area contributed by atoms with E-state index in [0.29, 0.717) is 19.5 Å². The van der Waals surface area contributed by atoms with E-state index in [9.17, 15) is 14.7 Å². The van der Waals surface area contributed by atoms with Crippen LogP contribution in [0.3, 0.4) is 0 Å². The zero-order chi connectivity index (χ0) is 14.3. The molecule has 0 aromatic rings. The number of hydrogen-bond donors (Lipinski definition) is 2. The molecule has 0 radical (unpaired) electrons. The minimum Gasteiger partial charge on any atom is -0.480 e. The molecule has 0 saturated carbocycles. The van der Waals surface area contributed by atoms with Gasteiger partial charge in [-0.25, -0.2) is 9.59 Å². The fourth-order valence-electron chi connectivity index (χ4n) is 2.16. The number of urea groups is 1. The predicted octanol–water partition coefficient (Wildman–Crippen LogP) is 1.94. The number of thioether (sulfide) groups is 1. The van der Waals surface area contributed by atoms with E-state index in [4.69, 9.17) is 0 Å². The van der Waals surface area contributed by atoms with Crippen molar-refractivity contribution >= 4 is 23.8 Å². The Morgan fingerprint density at radius 3 is 2.89 bits per heavy atom. The van der Waals surface area contributed by atoms with Gasteiger partial charge in [-0.3, -0.25) is 0 Å². The zero-order valence-electron chi connectivity index (χ0n) is 11.4. The molecule has 0 bridgehead atoms. The van der Waals surface area contributed by atoms with E-state index in [0.717, 1.165) is 24.3 Å². The number of aliphatic carboxylic acids is 1. The molecule has 1 atom stereocenters. The molecule has 2 amide bonds. The van der Waals surface area contributed by atoms with Gasteiger partial charge in [0.05, 0.1) is 0 Å². The summed E-state index contributed by atoms with van der Waals surface area (Å²) < 4.78 is 0. The average Bonchev–Trinajstić information content (AvgIpc) is 2.38. The Labute approximate surface area is 118 Å². The van der Waals surface area contributed by atoms with E-state index in [2.05, 4.69) is 11.9 Å². The van der Waals surface area contributed by atoms with Crippen LogP contribution in [-0.4, -0.2) is 52.1 Å². The standard InChI is InChI=1S/C13H22N2O3S/c1-3-9-19-10-7-14-12(18)15-8-5-4-6-13(15,2)11(16)17/h3H,1,4-10H2,2H3,(H,14,18)(H,16,17). The smallest absolute Gasteiger partial charge is 0.329 e. The quantitative estimate of drug-likeness (QED) is 0.578. The number of hydrogen-bond acceptors (Lipinski definition) is 3. The Hall–Kier alpha value is -1.17. The van der Waals surface area contributed by atoms with Crippen LogP contribution in [0.4, 0.5) is 4.79 Å². The van der Waals surface area contributed by atoms with E-state index >= 15 is 0 Å². The van der Waals surface area contributed by atoms with Gasteiger partial charge in [-0.2, -0.15) is 11.8 Å². The van der Waals surface area contributed by atoms with Crippen molar-refractivity contribution < 1.29 is 14.7 Å². The van der Waals surface area contributed by atoms with Crippen LogP contribution in [0.25, 0.3) is 0 Å². The highest BCUT2D eigenvalue weighted by molar-refractivity contribution is 7.99. The Morgan fingerprint density at radius 2 is 2.26 bits per heavy atom. The molecule has 1 saturated heterocycles. The molecule has 1 heterocycles. The highest BCUT2D eigenvalue weighted by Crippen LogP contribution is 2.28. The van der Waals surface area contributed by atoms with Crippen LogP contribution in [0.1, 0.15) is 26.2 Å². The van der Waals surface area contributed by atoms with Gasteiger partial charge in [-0.1, -0.05) is 6.08 Å². The van der Waals surface area contributed by atoms with Crippen LogP contribution >= 0.6 is 11.8 Å². The number of carbonyl (C=O) groups excluding carboxylic acids is 1. The van der Waals surface area contributed by atoms with Gasteiger partial charge in [0.1, 0.15) is 5.54 Å². The van der Waals surface area contributed by atoms with E-state index < -0.39 is 11.5 Å². The van der Waals surface area contributed by atoms with Gasteiger partial charge in [-0.05, 0) is 26.2 Å². The number of carboxylic acids is 1. The highest BCUT2D eigenvalue weighted by atomic mass is 32.2. The molecule has 2 N–H and O–H groups in total. The second-order valence-corrected chi connectivity index (χ2v) is 5.93. The fourth-order valence-corrected chi connectivity index (χ4v) is 2.74. The third kappa shape index (κ3) is 4.16. The molecule has 108 valence electrons. The van der Waals surface area contributed by atoms with Crippen LogP contribution in [0.15, 0.2) is 12.7 Å². The molecule has 1 aliphatic rings. The molecule has 1 unspecified atom stereocenters. The van der Waals surface area contributed by atoms with E-state index in [1.165, 1.54) is 4.90 Å². The van der Waals surface area contributed by atoms with Gasteiger partial charge in [0.2, 0.25) is 0 Å². The number of rotatable bonds is 6. The van der Waals surface area contributed by atoms with Gasteiger partial charge in [0, 0.05) is 24.6 Å². The van der Waals surface area contributed by atoms with Crippen LogP contribution in [0.2, 0.25) is 0 Å². The topological polar surface area (TPSA) is 69.6 Å². The summed E-state index contributed by atoms with van der Waals surface area (Å²) >= 11 is 1.68. The van der Waals surface area contributed by atoms with Crippen LogP contribution in [0, 0.1) is 0 Å². The number of carboxylic acid groups (broad SMARTS) is 1. The molecule has 19 heavy (non-hydrogen) atoms. The first-order valence-electron chi connectivity index (χ1n) is 6.50. The van der Waals surface area contributed by atoms with E-state index in [1.807, 2.05) is 6.08 Å². The Morgan fingerprint density at radius 1 is 1.53 bits per heavy atom. The lowest BCUT2D eigenvalue weighted by Gasteiger charge is -2.41. The molecule has 1 rings (SSSR count). The SMILES string of the molecule is C=CCSCCNC(=O)N1CCCCC1(C)C(=O)O. The van der Waals surface area contributed by atoms with Crippen molar-refractivity contribution in [2.24, 2.45) is 0 Å². The molecule has 0 aliphatic carbocycles. The maximum atomic E-state index is 12.1. The lowest BCUT2D eigenvalue weighted by Crippen LogP contribution is -2.60. The Kier molecular flexibility index (Phi) is 6.21. The summed E-state index contributed by atoms with van der Waals surface area (Å²) in [6.07, 6.45) is 4.04. The first kappa shape index (κ1) is 15.9. The number of carbonyl (C=O) groups is 2. The molecule has 1 aliphatic heterocycles. The van der Waals surface area contributed by atoms with Gasteiger partial charge in [0.25, 0.3) is 0 Å². The predicted molar refractivity (Wildman–Crippen MR) is 77.5 cm³/mol. The van der Waals surface area contributed by atoms with Crippen molar-refractivity contribution in [3.05, 3.63) is 12.7 Å². The third-order valence-electron chi connectivity index (χ3n) is 3.36. The van der Waals surface area contributed by atoms with E-state index in [1.54, 1.807) is 18.7 Å². The minimum absolute atomic E-state index is 0.274.